The van der Waals surface area contributed by atoms with Crippen molar-refractivity contribution in [1.29, 1.82) is 0 Å². The lowest BCUT2D eigenvalue weighted by atomic mass is 9.65. The molecule has 0 amide bonds. The summed E-state index contributed by atoms with van der Waals surface area (Å²) in [7, 11) is 0. The number of aliphatic hydroxyl groups is 2. The van der Waals surface area contributed by atoms with E-state index in [0.717, 1.165) is 0 Å². The van der Waals surface area contributed by atoms with Crippen molar-refractivity contribution in [3.05, 3.63) is 40.9 Å². The number of aliphatic carboxylic acids is 1. The molecular formula is C19H25ClN2O4. The number of hydrogen-bond acceptors (Lipinski definition) is 5. The lowest BCUT2D eigenvalue weighted by Gasteiger charge is -2.50. The molecule has 1 aliphatic rings. The molecule has 0 aromatic heterocycles. The zero-order valence-electron chi connectivity index (χ0n) is 15.1. The van der Waals surface area contributed by atoms with E-state index in [1.54, 1.807) is 39.0 Å². The van der Waals surface area contributed by atoms with Crippen LogP contribution in [-0.2, 0) is 4.79 Å². The highest BCUT2D eigenvalue weighted by Crippen LogP contribution is 2.47. The smallest absolute Gasteiger partial charge is 0.320 e. The Labute approximate surface area is 158 Å². The number of halogens is 1. The second-order valence-electron chi connectivity index (χ2n) is 6.46. The first kappa shape index (κ1) is 20.4. The molecule has 4 unspecified atom stereocenters. The second-order valence-corrected chi connectivity index (χ2v) is 6.87. The molecule has 0 fully saturated rings. The van der Waals surface area contributed by atoms with Crippen LogP contribution in [0.4, 0.5) is 5.69 Å². The maximum absolute atomic E-state index is 12.4. The summed E-state index contributed by atoms with van der Waals surface area (Å²) in [6.45, 7) is 5.21. The number of aliphatic hydroxyl groups excluding tert-OH is 2. The number of carbonyl (C=O) groups is 1. The minimum Gasteiger partial charge on any atom is -0.480 e. The van der Waals surface area contributed by atoms with Crippen LogP contribution in [0.3, 0.4) is 0 Å². The summed E-state index contributed by atoms with van der Waals surface area (Å²) in [6, 6.07) is 5.19. The van der Waals surface area contributed by atoms with Crippen LogP contribution in [-0.4, -0.2) is 45.4 Å². The van der Waals surface area contributed by atoms with Gasteiger partial charge in [0.2, 0.25) is 0 Å². The molecule has 4 atom stereocenters. The number of benzene rings is 1. The Hall–Kier alpha value is -1.89. The van der Waals surface area contributed by atoms with Crippen molar-refractivity contribution < 1.29 is 20.1 Å². The molecule has 0 aliphatic carbocycles. The van der Waals surface area contributed by atoms with Crippen LogP contribution in [0.15, 0.2) is 35.3 Å². The van der Waals surface area contributed by atoms with Gasteiger partial charge in [-0.2, -0.15) is 0 Å². The SMILES string of the molecule is CCC(O)C1(Nc2cccc(Cl)c2C)N=CC=CC1(C(=O)O)C(O)CC. The van der Waals surface area contributed by atoms with E-state index in [9.17, 15) is 20.1 Å². The van der Waals surface area contributed by atoms with Crippen LogP contribution < -0.4 is 5.32 Å². The van der Waals surface area contributed by atoms with E-state index < -0.39 is 29.3 Å². The van der Waals surface area contributed by atoms with Crippen LogP contribution in [0.25, 0.3) is 0 Å². The molecule has 0 saturated heterocycles. The van der Waals surface area contributed by atoms with Gasteiger partial charge in [0, 0.05) is 16.9 Å². The number of carboxylic acids is 1. The molecule has 1 aromatic carbocycles. The first-order valence-corrected chi connectivity index (χ1v) is 9.00. The highest BCUT2D eigenvalue weighted by atomic mass is 35.5. The number of nitrogens with zero attached hydrogens (tertiary/aromatic N) is 1. The third kappa shape index (κ3) is 3.02. The van der Waals surface area contributed by atoms with Gasteiger partial charge in [-0.25, -0.2) is 0 Å². The van der Waals surface area contributed by atoms with Gasteiger partial charge in [-0.3, -0.25) is 9.79 Å². The summed E-state index contributed by atoms with van der Waals surface area (Å²) in [6.07, 6.45) is 2.32. The number of hydrogen-bond donors (Lipinski definition) is 4. The summed E-state index contributed by atoms with van der Waals surface area (Å²) in [5, 5.41) is 35.3. The van der Waals surface area contributed by atoms with E-state index in [1.807, 2.05) is 0 Å². The van der Waals surface area contributed by atoms with Crippen LogP contribution in [0.2, 0.25) is 5.02 Å². The van der Waals surface area contributed by atoms with Gasteiger partial charge < -0.3 is 20.6 Å². The largest absolute Gasteiger partial charge is 0.480 e. The Bertz CT molecular complexity index is 736. The first-order valence-electron chi connectivity index (χ1n) is 8.62. The van der Waals surface area contributed by atoms with Crippen molar-refractivity contribution in [3.63, 3.8) is 0 Å². The summed E-state index contributed by atoms with van der Waals surface area (Å²) >= 11 is 6.19. The van der Waals surface area contributed by atoms with E-state index in [-0.39, 0.29) is 12.8 Å². The molecule has 7 heteroatoms. The molecule has 0 bridgehead atoms. The zero-order valence-corrected chi connectivity index (χ0v) is 15.9. The Morgan fingerprint density at radius 1 is 1.27 bits per heavy atom. The van der Waals surface area contributed by atoms with Gasteiger partial charge in [0.05, 0.1) is 12.2 Å². The third-order valence-corrected chi connectivity index (χ3v) is 5.49. The minimum absolute atomic E-state index is 0.181. The monoisotopic (exact) mass is 380 g/mol. The van der Waals surface area contributed by atoms with Crippen molar-refractivity contribution in [2.24, 2.45) is 10.4 Å². The molecule has 142 valence electrons. The number of carboxylic acid groups (broad SMARTS) is 1. The van der Waals surface area contributed by atoms with E-state index in [0.29, 0.717) is 16.3 Å². The zero-order chi connectivity index (χ0) is 19.5. The molecule has 0 spiro atoms. The second kappa shape index (κ2) is 7.78. The van der Waals surface area contributed by atoms with Gasteiger partial charge in [-0.05, 0) is 43.5 Å². The molecular weight excluding hydrogens is 356 g/mol. The maximum atomic E-state index is 12.4. The quantitative estimate of drug-likeness (QED) is 0.582. The fourth-order valence-corrected chi connectivity index (χ4v) is 3.65. The predicted molar refractivity (Wildman–Crippen MR) is 103 cm³/mol. The highest BCUT2D eigenvalue weighted by Gasteiger charge is 2.63. The number of dihydropyridines is 1. The van der Waals surface area contributed by atoms with Gasteiger partial charge in [-0.15, -0.1) is 0 Å². The molecule has 26 heavy (non-hydrogen) atoms. The molecule has 0 saturated carbocycles. The topological polar surface area (TPSA) is 102 Å². The lowest BCUT2D eigenvalue weighted by Crippen LogP contribution is -2.67. The van der Waals surface area contributed by atoms with Crippen LogP contribution >= 0.6 is 11.6 Å². The van der Waals surface area contributed by atoms with Crippen LogP contribution in [0.5, 0.6) is 0 Å². The normalized spacial score (nSPS) is 27.2. The molecule has 0 radical (unpaired) electrons. The predicted octanol–water partition coefficient (Wildman–Crippen LogP) is 3.01. The standard InChI is InChI=1S/C19H25ClN2O4/c1-4-15(23)18(17(25)26)10-7-11-21-19(18,16(24)5-2)22-14-9-6-8-13(20)12(14)3/h6-11,15-16,22-24H,4-5H2,1-3H3,(H,25,26). The molecule has 1 aromatic rings. The van der Waals surface area contributed by atoms with Gasteiger partial charge in [-0.1, -0.05) is 37.6 Å². The number of rotatable bonds is 7. The van der Waals surface area contributed by atoms with Crippen LogP contribution in [0, 0.1) is 12.3 Å². The number of allylic oxidation sites excluding steroid dienone is 1. The molecule has 1 heterocycles. The first-order chi connectivity index (χ1) is 12.3. The van der Waals surface area contributed by atoms with E-state index in [2.05, 4.69) is 10.3 Å². The van der Waals surface area contributed by atoms with Crippen molar-refractivity contribution in [2.75, 3.05) is 5.32 Å². The average molecular weight is 381 g/mol. The maximum Gasteiger partial charge on any atom is 0.320 e. The number of anilines is 1. The number of aliphatic imine (C=N–C) groups is 1. The summed E-state index contributed by atoms with van der Waals surface area (Å²) in [5.41, 5.74) is -2.29. The Kier molecular flexibility index (Phi) is 6.11. The van der Waals surface area contributed by atoms with Gasteiger partial charge in [0.1, 0.15) is 0 Å². The third-order valence-electron chi connectivity index (χ3n) is 5.08. The summed E-state index contributed by atoms with van der Waals surface area (Å²) in [4.78, 5) is 16.8. The Balaban J connectivity index is 2.73. The Morgan fingerprint density at radius 2 is 1.92 bits per heavy atom. The average Bonchev–Trinajstić information content (AvgIpc) is 2.64. The summed E-state index contributed by atoms with van der Waals surface area (Å²) < 4.78 is 0. The fraction of sp³-hybridized carbons (Fsp3) is 0.474. The van der Waals surface area contributed by atoms with Crippen molar-refractivity contribution >= 4 is 29.5 Å². The minimum atomic E-state index is -1.85. The molecule has 2 rings (SSSR count). The van der Waals surface area contributed by atoms with Crippen molar-refractivity contribution in [2.45, 2.75) is 51.5 Å². The van der Waals surface area contributed by atoms with Gasteiger partial charge >= 0.3 is 5.97 Å². The van der Waals surface area contributed by atoms with Crippen LogP contribution in [0.1, 0.15) is 32.3 Å². The lowest BCUT2D eigenvalue weighted by molar-refractivity contribution is -0.162. The van der Waals surface area contributed by atoms with Crippen molar-refractivity contribution in [3.8, 4) is 0 Å². The fourth-order valence-electron chi connectivity index (χ4n) is 3.48. The Morgan fingerprint density at radius 3 is 2.50 bits per heavy atom. The van der Waals surface area contributed by atoms with Crippen molar-refractivity contribution in [1.82, 2.24) is 0 Å². The van der Waals surface area contributed by atoms with E-state index in [4.69, 9.17) is 11.6 Å². The molecule has 6 nitrogen and oxygen atoms in total. The molecule has 1 aliphatic heterocycles. The number of nitrogens with one attached hydrogen (secondary N) is 1. The van der Waals surface area contributed by atoms with Gasteiger partial charge in [0.15, 0.2) is 11.1 Å². The summed E-state index contributed by atoms with van der Waals surface area (Å²) in [5.74, 6) is -1.26. The van der Waals surface area contributed by atoms with E-state index >= 15 is 0 Å². The van der Waals surface area contributed by atoms with E-state index in [1.165, 1.54) is 18.4 Å². The highest BCUT2D eigenvalue weighted by molar-refractivity contribution is 6.31. The molecule has 4 N–H and O–H groups in total. The van der Waals surface area contributed by atoms with Gasteiger partial charge in [0.25, 0.3) is 0 Å².